The van der Waals surface area contributed by atoms with Crippen LogP contribution in [0.2, 0.25) is 0 Å². The zero-order valence-electron chi connectivity index (χ0n) is 13.8. The fourth-order valence-corrected chi connectivity index (χ4v) is 3.49. The van der Waals surface area contributed by atoms with Gasteiger partial charge in [0, 0.05) is 31.1 Å². The Kier molecular flexibility index (Phi) is 3.98. The van der Waals surface area contributed by atoms with Crippen LogP contribution in [0.5, 0.6) is 5.75 Å². The third kappa shape index (κ3) is 2.78. The van der Waals surface area contributed by atoms with Crippen molar-refractivity contribution in [2.75, 3.05) is 25.0 Å². The van der Waals surface area contributed by atoms with Crippen LogP contribution < -0.4 is 20.5 Å². The molecule has 1 saturated heterocycles. The van der Waals surface area contributed by atoms with E-state index in [1.807, 2.05) is 31.3 Å². The van der Waals surface area contributed by atoms with Crippen LogP contribution in [0.4, 0.5) is 5.95 Å². The number of hydrogen-bond donors (Lipinski definition) is 2. The van der Waals surface area contributed by atoms with Crippen LogP contribution in [-0.2, 0) is 13.0 Å². The van der Waals surface area contributed by atoms with E-state index in [9.17, 15) is 4.79 Å². The molecule has 1 aromatic carbocycles. The van der Waals surface area contributed by atoms with Crippen LogP contribution >= 0.6 is 0 Å². The summed E-state index contributed by atoms with van der Waals surface area (Å²) < 4.78 is 5.86. The smallest absolute Gasteiger partial charge is 0.256 e. The minimum absolute atomic E-state index is 0.0500. The summed E-state index contributed by atoms with van der Waals surface area (Å²) in [4.78, 5) is 22.5. The summed E-state index contributed by atoms with van der Waals surface area (Å²) in [6, 6.07) is 8.41. The maximum atomic E-state index is 12.6. The van der Waals surface area contributed by atoms with Crippen molar-refractivity contribution in [2.24, 2.45) is 0 Å². The molecule has 2 aliphatic rings. The molecule has 0 atom stereocenters. The van der Waals surface area contributed by atoms with Gasteiger partial charge in [-0.2, -0.15) is 0 Å². The van der Waals surface area contributed by atoms with Gasteiger partial charge < -0.3 is 15.0 Å². The van der Waals surface area contributed by atoms with Crippen LogP contribution in [-0.4, -0.2) is 36.1 Å². The number of fused-ring (bicyclic) bond motifs is 2. The van der Waals surface area contributed by atoms with Crippen molar-refractivity contribution in [1.29, 1.82) is 0 Å². The molecule has 6 nitrogen and oxygen atoms in total. The average molecular weight is 326 g/mol. The number of nitrogens with one attached hydrogen (secondary N) is 2. The van der Waals surface area contributed by atoms with Gasteiger partial charge in [-0.25, -0.2) is 4.98 Å². The molecule has 6 heteroatoms. The molecule has 126 valence electrons. The van der Waals surface area contributed by atoms with E-state index < -0.39 is 0 Å². The first-order valence-electron chi connectivity index (χ1n) is 8.49. The molecule has 0 saturated carbocycles. The van der Waals surface area contributed by atoms with E-state index in [0.717, 1.165) is 42.9 Å². The maximum absolute atomic E-state index is 12.6. The van der Waals surface area contributed by atoms with Gasteiger partial charge in [0.2, 0.25) is 5.95 Å². The minimum Gasteiger partial charge on any atom is -0.487 e. The number of anilines is 1. The summed E-state index contributed by atoms with van der Waals surface area (Å²) in [5.41, 5.74) is 2.45. The number of hydrogen-bond acceptors (Lipinski definition) is 5. The van der Waals surface area contributed by atoms with Crippen molar-refractivity contribution in [3.63, 3.8) is 0 Å². The molecule has 0 unspecified atom stereocenters. The predicted octanol–water partition coefficient (Wildman–Crippen LogP) is 1.44. The lowest BCUT2D eigenvalue weighted by Gasteiger charge is -2.32. The fourth-order valence-electron chi connectivity index (χ4n) is 3.49. The highest BCUT2D eigenvalue weighted by Gasteiger charge is 2.23. The Morgan fingerprint density at radius 3 is 2.88 bits per heavy atom. The molecule has 0 bridgehead atoms. The predicted molar refractivity (Wildman–Crippen MR) is 92.7 cm³/mol. The Morgan fingerprint density at radius 1 is 1.29 bits per heavy atom. The summed E-state index contributed by atoms with van der Waals surface area (Å²) in [6.45, 7) is 2.14. The van der Waals surface area contributed by atoms with Gasteiger partial charge in [0.25, 0.3) is 5.56 Å². The number of ether oxygens (including phenoxy) is 1. The quantitative estimate of drug-likeness (QED) is 0.874. The van der Waals surface area contributed by atoms with Gasteiger partial charge in [-0.15, -0.1) is 0 Å². The van der Waals surface area contributed by atoms with Crippen molar-refractivity contribution in [3.8, 4) is 5.75 Å². The van der Waals surface area contributed by atoms with Crippen molar-refractivity contribution >= 4 is 5.95 Å². The van der Waals surface area contributed by atoms with Crippen LogP contribution in [0.3, 0.4) is 0 Å². The number of H-pyrrole nitrogens is 1. The molecule has 3 heterocycles. The van der Waals surface area contributed by atoms with E-state index in [0.29, 0.717) is 30.6 Å². The van der Waals surface area contributed by atoms with Crippen LogP contribution in [0.1, 0.15) is 29.7 Å². The summed E-state index contributed by atoms with van der Waals surface area (Å²) in [6.07, 6.45) is 2.68. The number of nitrogens with zero attached hydrogens (tertiary/aromatic N) is 2. The Bertz CT molecular complexity index is 794. The van der Waals surface area contributed by atoms with E-state index in [1.165, 1.54) is 0 Å². The Balaban J connectivity index is 1.63. The first-order valence-corrected chi connectivity index (χ1v) is 8.49. The maximum Gasteiger partial charge on any atom is 0.256 e. The molecule has 0 aliphatic carbocycles. The molecule has 1 aromatic heterocycles. The third-order valence-corrected chi connectivity index (χ3v) is 5.00. The van der Waals surface area contributed by atoms with Crippen LogP contribution in [0.15, 0.2) is 29.1 Å². The summed E-state index contributed by atoms with van der Waals surface area (Å²) >= 11 is 0. The second-order valence-corrected chi connectivity index (χ2v) is 6.44. The van der Waals surface area contributed by atoms with Gasteiger partial charge in [0.05, 0.1) is 5.69 Å². The first kappa shape index (κ1) is 15.2. The van der Waals surface area contributed by atoms with Crippen molar-refractivity contribution < 1.29 is 4.74 Å². The highest BCUT2D eigenvalue weighted by Crippen LogP contribution is 2.26. The Hall–Kier alpha value is -2.34. The van der Waals surface area contributed by atoms with E-state index in [-0.39, 0.29) is 5.56 Å². The van der Waals surface area contributed by atoms with Gasteiger partial charge >= 0.3 is 0 Å². The van der Waals surface area contributed by atoms with Crippen molar-refractivity contribution in [3.05, 3.63) is 51.4 Å². The van der Waals surface area contributed by atoms with Crippen LogP contribution in [0.25, 0.3) is 0 Å². The molecule has 0 radical (unpaired) electrons. The van der Waals surface area contributed by atoms with Gasteiger partial charge in [-0.05, 0) is 31.5 Å². The largest absolute Gasteiger partial charge is 0.487 e. The van der Waals surface area contributed by atoms with E-state index >= 15 is 0 Å². The first-order chi connectivity index (χ1) is 11.7. The highest BCUT2D eigenvalue weighted by atomic mass is 16.5. The van der Waals surface area contributed by atoms with Crippen molar-refractivity contribution in [2.45, 2.75) is 31.9 Å². The van der Waals surface area contributed by atoms with E-state index in [4.69, 9.17) is 9.72 Å². The van der Waals surface area contributed by atoms with E-state index in [2.05, 4.69) is 15.2 Å². The summed E-state index contributed by atoms with van der Waals surface area (Å²) in [5.74, 6) is 1.51. The number of piperidine rings is 1. The lowest BCUT2D eigenvalue weighted by atomic mass is 10.0. The Morgan fingerprint density at radius 2 is 2.08 bits per heavy atom. The summed E-state index contributed by atoms with van der Waals surface area (Å²) in [5, 5.41) is 3.32. The molecular weight excluding hydrogens is 304 g/mol. The molecule has 1 fully saturated rings. The second kappa shape index (κ2) is 6.28. The zero-order chi connectivity index (χ0) is 16.5. The molecular formula is C18H22N4O2. The Labute approximate surface area is 140 Å². The summed E-state index contributed by atoms with van der Waals surface area (Å²) in [7, 11) is 2.00. The monoisotopic (exact) mass is 326 g/mol. The number of rotatable bonds is 2. The lowest BCUT2D eigenvalue weighted by molar-refractivity contribution is 0.302. The van der Waals surface area contributed by atoms with Crippen molar-refractivity contribution in [1.82, 2.24) is 15.3 Å². The fraction of sp³-hybridized carbons (Fsp3) is 0.444. The SMILES string of the molecule is CNC1CCN(c2nc3c(c(=O)[nH]2)Cc2ccccc2OC3)CC1. The average Bonchev–Trinajstić information content (AvgIpc) is 2.82. The van der Waals surface area contributed by atoms with Crippen LogP contribution in [0, 0.1) is 0 Å². The number of aromatic amines is 1. The van der Waals surface area contributed by atoms with Gasteiger partial charge in [0.1, 0.15) is 12.4 Å². The molecule has 2 N–H and O–H groups in total. The molecule has 2 aliphatic heterocycles. The molecule has 24 heavy (non-hydrogen) atoms. The molecule has 2 aromatic rings. The molecule has 0 amide bonds. The number of aromatic nitrogens is 2. The van der Waals surface area contributed by atoms with E-state index in [1.54, 1.807) is 0 Å². The standard InChI is InChI=1S/C18H22N4O2/c1-19-13-6-8-22(9-7-13)18-20-15-11-24-16-5-3-2-4-12(16)10-14(15)17(23)21-18/h2-5,13,19H,6-11H2,1H3,(H,20,21,23). The highest BCUT2D eigenvalue weighted by molar-refractivity contribution is 5.42. The minimum atomic E-state index is -0.0500. The van der Waals surface area contributed by atoms with Gasteiger partial charge in [0.15, 0.2) is 0 Å². The van der Waals surface area contributed by atoms with Gasteiger partial charge in [-0.3, -0.25) is 9.78 Å². The second-order valence-electron chi connectivity index (χ2n) is 6.44. The third-order valence-electron chi connectivity index (χ3n) is 5.00. The molecule has 0 spiro atoms. The number of benzene rings is 1. The zero-order valence-corrected chi connectivity index (χ0v) is 13.8. The topological polar surface area (TPSA) is 70.2 Å². The molecule has 4 rings (SSSR count). The van der Waals surface area contributed by atoms with Gasteiger partial charge in [-0.1, -0.05) is 18.2 Å². The number of para-hydroxylation sites is 1. The normalized spacial score (nSPS) is 17.6. The lowest BCUT2D eigenvalue weighted by Crippen LogP contribution is -2.42.